The van der Waals surface area contributed by atoms with E-state index in [0.29, 0.717) is 16.7 Å². The Morgan fingerprint density at radius 1 is 1.19 bits per heavy atom. The van der Waals surface area contributed by atoms with Crippen molar-refractivity contribution in [2.75, 3.05) is 6.61 Å². The maximum Gasteiger partial charge on any atom is 0.344 e. The van der Waals surface area contributed by atoms with Gasteiger partial charge in [0, 0.05) is 0 Å². The molecule has 0 aliphatic heterocycles. The average Bonchev–Trinajstić information content (AvgIpc) is 2.68. The summed E-state index contributed by atoms with van der Waals surface area (Å²) in [6.07, 6.45) is 0. The number of aromatic nitrogens is 2. The van der Waals surface area contributed by atoms with Crippen molar-refractivity contribution in [3.05, 3.63) is 70.5 Å². The number of nitriles is 1. The third-order valence-electron chi connectivity index (χ3n) is 3.70. The minimum absolute atomic E-state index is 0.162. The van der Waals surface area contributed by atoms with E-state index >= 15 is 0 Å². The van der Waals surface area contributed by atoms with E-state index in [0.717, 1.165) is 4.57 Å². The standard InChI is InChI=1S/C19H14FN3O4/c20-13-5-7-14(8-6-13)26-12-18(24)27-11-17-22-16-4-2-1-3-15(16)19(25)23(17)10-9-21/h1-8H,10-12H2. The molecule has 7 nitrogen and oxygen atoms in total. The summed E-state index contributed by atoms with van der Waals surface area (Å²) in [7, 11) is 0. The highest BCUT2D eigenvalue weighted by Crippen LogP contribution is 2.12. The highest BCUT2D eigenvalue weighted by molar-refractivity contribution is 5.77. The molecule has 3 rings (SSSR count). The number of rotatable bonds is 6. The van der Waals surface area contributed by atoms with E-state index in [-0.39, 0.29) is 31.1 Å². The van der Waals surface area contributed by atoms with Crippen molar-refractivity contribution in [3.8, 4) is 11.8 Å². The Labute approximate surface area is 153 Å². The monoisotopic (exact) mass is 367 g/mol. The molecule has 1 aromatic heterocycles. The molecular weight excluding hydrogens is 353 g/mol. The minimum atomic E-state index is -0.690. The van der Waals surface area contributed by atoms with Crippen molar-refractivity contribution in [2.24, 2.45) is 0 Å². The molecule has 27 heavy (non-hydrogen) atoms. The number of halogens is 1. The van der Waals surface area contributed by atoms with Crippen molar-refractivity contribution < 1.29 is 18.7 Å². The summed E-state index contributed by atoms with van der Waals surface area (Å²) in [6.45, 7) is -0.884. The molecule has 0 bridgehead atoms. The summed E-state index contributed by atoms with van der Waals surface area (Å²) < 4.78 is 24.3. The van der Waals surface area contributed by atoms with E-state index in [4.69, 9.17) is 14.7 Å². The van der Waals surface area contributed by atoms with Crippen molar-refractivity contribution >= 4 is 16.9 Å². The number of carbonyl (C=O) groups excluding carboxylic acids is 1. The van der Waals surface area contributed by atoms with Gasteiger partial charge in [0.1, 0.15) is 24.7 Å². The number of esters is 1. The molecule has 136 valence electrons. The number of nitrogens with zero attached hydrogens (tertiary/aromatic N) is 3. The van der Waals surface area contributed by atoms with Gasteiger partial charge in [0.25, 0.3) is 5.56 Å². The molecule has 0 amide bonds. The van der Waals surface area contributed by atoms with Gasteiger partial charge in [0.2, 0.25) is 0 Å². The van der Waals surface area contributed by atoms with Crippen LogP contribution < -0.4 is 10.3 Å². The SMILES string of the molecule is N#CCn1c(COC(=O)COc2ccc(F)cc2)nc2ccccc2c1=O. The van der Waals surface area contributed by atoms with Gasteiger partial charge in [-0.1, -0.05) is 12.1 Å². The molecule has 0 saturated carbocycles. The zero-order valence-corrected chi connectivity index (χ0v) is 14.1. The Morgan fingerprint density at radius 3 is 2.67 bits per heavy atom. The molecule has 0 spiro atoms. The van der Waals surface area contributed by atoms with Crippen LogP contribution in [0.3, 0.4) is 0 Å². The number of hydrogen-bond acceptors (Lipinski definition) is 6. The van der Waals surface area contributed by atoms with Crippen LogP contribution in [0.25, 0.3) is 10.9 Å². The fourth-order valence-electron chi connectivity index (χ4n) is 2.42. The van der Waals surface area contributed by atoms with Gasteiger partial charge in [0.15, 0.2) is 12.4 Å². The molecule has 0 aliphatic carbocycles. The summed E-state index contributed by atoms with van der Waals surface area (Å²) >= 11 is 0. The zero-order valence-electron chi connectivity index (χ0n) is 14.1. The predicted octanol–water partition coefficient (Wildman–Crippen LogP) is 2.18. The summed E-state index contributed by atoms with van der Waals surface area (Å²) in [5, 5.41) is 9.33. The van der Waals surface area contributed by atoms with Crippen molar-refractivity contribution in [3.63, 3.8) is 0 Å². The molecule has 0 N–H and O–H groups in total. The Bertz CT molecular complexity index is 1070. The fourth-order valence-corrected chi connectivity index (χ4v) is 2.42. The van der Waals surface area contributed by atoms with Crippen molar-refractivity contribution in [1.29, 1.82) is 5.26 Å². The first-order valence-electron chi connectivity index (χ1n) is 7.98. The van der Waals surface area contributed by atoms with Crippen LogP contribution in [0.2, 0.25) is 0 Å². The number of fused-ring (bicyclic) bond motifs is 1. The van der Waals surface area contributed by atoms with Crippen molar-refractivity contribution in [2.45, 2.75) is 13.2 Å². The molecule has 2 aromatic carbocycles. The first kappa shape index (κ1) is 18.1. The normalized spacial score (nSPS) is 10.4. The number of carbonyl (C=O) groups is 1. The van der Waals surface area contributed by atoms with E-state index in [1.165, 1.54) is 24.3 Å². The van der Waals surface area contributed by atoms with E-state index in [1.807, 2.05) is 6.07 Å². The van der Waals surface area contributed by atoms with Gasteiger partial charge in [-0.15, -0.1) is 0 Å². The lowest BCUT2D eigenvalue weighted by Gasteiger charge is -2.11. The van der Waals surface area contributed by atoms with Gasteiger partial charge in [0.05, 0.1) is 17.0 Å². The van der Waals surface area contributed by atoms with Gasteiger partial charge < -0.3 is 9.47 Å². The second-order valence-electron chi connectivity index (χ2n) is 5.50. The highest BCUT2D eigenvalue weighted by atomic mass is 19.1. The minimum Gasteiger partial charge on any atom is -0.482 e. The summed E-state index contributed by atoms with van der Waals surface area (Å²) in [6, 6.07) is 13.8. The number of hydrogen-bond donors (Lipinski definition) is 0. The Balaban J connectivity index is 1.71. The van der Waals surface area contributed by atoms with Gasteiger partial charge in [-0.25, -0.2) is 14.2 Å². The first-order valence-corrected chi connectivity index (χ1v) is 7.98. The van der Waals surface area contributed by atoms with Crippen molar-refractivity contribution in [1.82, 2.24) is 9.55 Å². The molecular formula is C19H14FN3O4. The smallest absolute Gasteiger partial charge is 0.344 e. The molecule has 8 heteroatoms. The lowest BCUT2D eigenvalue weighted by Crippen LogP contribution is -2.26. The van der Waals surface area contributed by atoms with Crippen LogP contribution >= 0.6 is 0 Å². The van der Waals surface area contributed by atoms with Gasteiger partial charge in [-0.05, 0) is 36.4 Å². The van der Waals surface area contributed by atoms with Crippen LogP contribution in [0.1, 0.15) is 5.82 Å². The topological polar surface area (TPSA) is 94.2 Å². The van der Waals surface area contributed by atoms with E-state index in [9.17, 15) is 14.0 Å². The Morgan fingerprint density at radius 2 is 1.93 bits per heavy atom. The maximum absolute atomic E-state index is 12.8. The van der Waals surface area contributed by atoms with E-state index in [2.05, 4.69) is 4.98 Å². The quantitative estimate of drug-likeness (QED) is 0.620. The van der Waals surface area contributed by atoms with Crippen LogP contribution in [-0.4, -0.2) is 22.1 Å². The van der Waals surface area contributed by atoms with Crippen LogP contribution in [0.5, 0.6) is 5.75 Å². The lowest BCUT2D eigenvalue weighted by molar-refractivity contribution is -0.147. The summed E-state index contributed by atoms with van der Waals surface area (Å²) in [4.78, 5) is 28.7. The third-order valence-corrected chi connectivity index (χ3v) is 3.70. The van der Waals surface area contributed by atoms with Gasteiger partial charge in [-0.2, -0.15) is 5.26 Å². The molecule has 0 saturated heterocycles. The predicted molar refractivity (Wildman–Crippen MR) is 93.3 cm³/mol. The fraction of sp³-hybridized carbons (Fsp3) is 0.158. The number of ether oxygens (including phenoxy) is 2. The van der Waals surface area contributed by atoms with Crippen LogP contribution in [0, 0.1) is 17.1 Å². The third kappa shape index (κ3) is 4.27. The zero-order chi connectivity index (χ0) is 19.2. The first-order chi connectivity index (χ1) is 13.1. The molecule has 0 radical (unpaired) electrons. The second kappa shape index (κ2) is 8.10. The molecule has 0 fully saturated rings. The molecule has 0 unspecified atom stereocenters. The largest absolute Gasteiger partial charge is 0.482 e. The van der Waals surface area contributed by atoms with Crippen LogP contribution in [0.4, 0.5) is 4.39 Å². The lowest BCUT2D eigenvalue weighted by atomic mass is 10.2. The molecule has 0 aliphatic rings. The molecule has 3 aromatic rings. The van der Waals surface area contributed by atoms with E-state index < -0.39 is 11.8 Å². The van der Waals surface area contributed by atoms with Crippen LogP contribution in [-0.2, 0) is 22.7 Å². The Hall–Kier alpha value is -3.73. The maximum atomic E-state index is 12.8. The average molecular weight is 367 g/mol. The van der Waals surface area contributed by atoms with Crippen LogP contribution in [0.15, 0.2) is 53.3 Å². The van der Waals surface area contributed by atoms with Gasteiger partial charge in [-0.3, -0.25) is 9.36 Å². The summed E-state index contributed by atoms with van der Waals surface area (Å²) in [5.41, 5.74) is 0.0704. The second-order valence-corrected chi connectivity index (χ2v) is 5.50. The number of para-hydroxylation sites is 1. The van der Waals surface area contributed by atoms with Gasteiger partial charge >= 0.3 is 5.97 Å². The highest BCUT2D eigenvalue weighted by Gasteiger charge is 2.13. The van der Waals surface area contributed by atoms with E-state index in [1.54, 1.807) is 24.3 Å². The molecule has 0 atom stereocenters. The molecule has 1 heterocycles. The Kier molecular flexibility index (Phi) is 5.42. The number of benzene rings is 2. The summed E-state index contributed by atoms with van der Waals surface area (Å²) in [5.74, 6) is -0.623.